The third-order valence-corrected chi connectivity index (χ3v) is 5.55. The average Bonchev–Trinajstić information content (AvgIpc) is 2.66. The maximum atomic E-state index is 11.4. The van der Waals surface area contributed by atoms with Crippen LogP contribution in [-0.4, -0.2) is 30.9 Å². The minimum atomic E-state index is -0.231. The van der Waals surface area contributed by atoms with E-state index >= 15 is 0 Å². The molecule has 1 N–H and O–H groups in total. The van der Waals surface area contributed by atoms with Gasteiger partial charge >= 0.3 is 5.97 Å². The van der Waals surface area contributed by atoms with Crippen molar-refractivity contribution < 1.29 is 19.4 Å². The van der Waals surface area contributed by atoms with Gasteiger partial charge in [0.2, 0.25) is 0 Å². The summed E-state index contributed by atoms with van der Waals surface area (Å²) in [5.41, 5.74) is 2.49. The summed E-state index contributed by atoms with van der Waals surface area (Å²) in [6.45, 7) is 6.88. The van der Waals surface area contributed by atoms with Crippen LogP contribution in [-0.2, 0) is 9.53 Å². The molecule has 1 aromatic carbocycles. The highest BCUT2D eigenvalue weighted by Crippen LogP contribution is 2.38. The predicted molar refractivity (Wildman–Crippen MR) is 108 cm³/mol. The third-order valence-electron chi connectivity index (χ3n) is 5.55. The van der Waals surface area contributed by atoms with Crippen LogP contribution in [0, 0.1) is 5.41 Å². The minimum absolute atomic E-state index is 0.0690. The number of carbonyl (C=O) groups is 1. The molecule has 2 rings (SSSR count). The predicted octanol–water partition coefficient (Wildman–Crippen LogP) is 5.01. The van der Waals surface area contributed by atoms with Crippen LogP contribution in [0.4, 0.5) is 0 Å². The highest BCUT2D eigenvalue weighted by atomic mass is 16.5. The number of aliphatic hydroxyl groups is 1. The summed E-state index contributed by atoms with van der Waals surface area (Å²) in [6.07, 6.45) is 7.42. The first kappa shape index (κ1) is 21.5. The van der Waals surface area contributed by atoms with Gasteiger partial charge in [-0.1, -0.05) is 39.0 Å². The van der Waals surface area contributed by atoms with Gasteiger partial charge in [0.15, 0.2) is 0 Å². The van der Waals surface area contributed by atoms with Gasteiger partial charge in [-0.25, -0.2) is 0 Å². The van der Waals surface area contributed by atoms with E-state index in [0.29, 0.717) is 13.0 Å². The second-order valence-corrected chi connectivity index (χ2v) is 8.12. The number of ether oxygens (including phenoxy) is 2. The van der Waals surface area contributed by atoms with Crippen LogP contribution in [0.5, 0.6) is 5.75 Å². The van der Waals surface area contributed by atoms with Crippen LogP contribution >= 0.6 is 0 Å². The van der Waals surface area contributed by atoms with Crippen LogP contribution in [0.15, 0.2) is 35.9 Å². The molecule has 0 bridgehead atoms. The van der Waals surface area contributed by atoms with Crippen molar-refractivity contribution in [3.05, 3.63) is 41.5 Å². The summed E-state index contributed by atoms with van der Waals surface area (Å²) in [6, 6.07) is 7.96. The second-order valence-electron chi connectivity index (χ2n) is 8.12. The van der Waals surface area contributed by atoms with Gasteiger partial charge in [0, 0.05) is 0 Å². The summed E-state index contributed by atoms with van der Waals surface area (Å²) >= 11 is 0. The number of allylic oxidation sites excluding steroid dienone is 1. The van der Waals surface area contributed by atoms with Crippen molar-refractivity contribution in [3.63, 3.8) is 0 Å². The number of carbonyl (C=O) groups excluding carboxylic acids is 1. The number of hydrogen-bond donors (Lipinski definition) is 1. The van der Waals surface area contributed by atoms with Crippen molar-refractivity contribution >= 4 is 5.97 Å². The normalized spacial score (nSPS) is 21.9. The molecular formula is C23H34O4. The van der Waals surface area contributed by atoms with Crippen molar-refractivity contribution in [1.82, 2.24) is 0 Å². The number of esters is 1. The Labute approximate surface area is 163 Å². The average molecular weight is 375 g/mol. The number of methoxy groups -OCH3 is 1. The first-order valence-electron chi connectivity index (χ1n) is 10.0. The molecule has 1 aromatic rings. The van der Waals surface area contributed by atoms with E-state index in [1.165, 1.54) is 12.7 Å². The Balaban J connectivity index is 1.92. The Morgan fingerprint density at radius 1 is 1.30 bits per heavy atom. The standard InChI is InChI=1S/C23H34O4/c1-5-20(24)15-23(3)12-6-7-18(14-23)16-27-21-10-8-19(9-11-21)17(2)13-22(25)26-4/h8-11,14,17,20,24H,5-7,12-13,15-16H2,1-4H3/t17?,20-,23-/m0/s1. The van der Waals surface area contributed by atoms with Gasteiger partial charge in [-0.3, -0.25) is 4.79 Å². The van der Waals surface area contributed by atoms with Crippen LogP contribution in [0.1, 0.15) is 70.8 Å². The van der Waals surface area contributed by atoms with E-state index in [1.54, 1.807) is 0 Å². The van der Waals surface area contributed by atoms with E-state index in [0.717, 1.165) is 43.4 Å². The monoisotopic (exact) mass is 374 g/mol. The van der Waals surface area contributed by atoms with E-state index in [4.69, 9.17) is 9.47 Å². The maximum absolute atomic E-state index is 11.4. The van der Waals surface area contributed by atoms with Crippen molar-refractivity contribution in [2.24, 2.45) is 5.41 Å². The number of hydrogen-bond acceptors (Lipinski definition) is 4. The molecule has 0 heterocycles. The molecule has 1 unspecified atom stereocenters. The van der Waals surface area contributed by atoms with Crippen molar-refractivity contribution in [2.45, 2.75) is 71.3 Å². The largest absolute Gasteiger partial charge is 0.489 e. The van der Waals surface area contributed by atoms with Gasteiger partial charge < -0.3 is 14.6 Å². The molecule has 0 fully saturated rings. The van der Waals surface area contributed by atoms with E-state index in [2.05, 4.69) is 13.0 Å². The lowest BCUT2D eigenvalue weighted by Gasteiger charge is -2.33. The molecule has 4 nitrogen and oxygen atoms in total. The minimum Gasteiger partial charge on any atom is -0.489 e. The van der Waals surface area contributed by atoms with E-state index in [9.17, 15) is 9.90 Å². The van der Waals surface area contributed by atoms with Crippen LogP contribution in [0.3, 0.4) is 0 Å². The van der Waals surface area contributed by atoms with E-state index < -0.39 is 0 Å². The smallest absolute Gasteiger partial charge is 0.306 e. The molecule has 0 radical (unpaired) electrons. The highest BCUT2D eigenvalue weighted by molar-refractivity contribution is 5.70. The maximum Gasteiger partial charge on any atom is 0.306 e. The molecular weight excluding hydrogens is 340 g/mol. The van der Waals surface area contributed by atoms with E-state index in [-0.39, 0.29) is 23.4 Å². The molecule has 0 spiro atoms. The number of rotatable bonds is 9. The molecule has 0 saturated heterocycles. The fourth-order valence-corrected chi connectivity index (χ4v) is 3.83. The molecule has 0 amide bonds. The fraction of sp³-hybridized carbons (Fsp3) is 0.609. The second kappa shape index (κ2) is 9.93. The molecule has 0 aromatic heterocycles. The summed E-state index contributed by atoms with van der Waals surface area (Å²) in [4.78, 5) is 11.4. The van der Waals surface area contributed by atoms with Gasteiger partial charge in [0.25, 0.3) is 0 Å². The molecule has 1 aliphatic carbocycles. The first-order chi connectivity index (χ1) is 12.8. The van der Waals surface area contributed by atoms with Crippen molar-refractivity contribution in [1.29, 1.82) is 0 Å². The first-order valence-corrected chi connectivity index (χ1v) is 10.0. The summed E-state index contributed by atoms with van der Waals surface area (Å²) in [7, 11) is 1.42. The summed E-state index contributed by atoms with van der Waals surface area (Å²) < 4.78 is 10.7. The number of aliphatic hydroxyl groups excluding tert-OH is 1. The molecule has 1 aliphatic rings. The Morgan fingerprint density at radius 3 is 2.63 bits per heavy atom. The molecule has 27 heavy (non-hydrogen) atoms. The Kier molecular flexibility index (Phi) is 7.91. The van der Waals surface area contributed by atoms with Crippen LogP contribution < -0.4 is 4.74 Å². The number of benzene rings is 1. The molecule has 3 atom stereocenters. The van der Waals surface area contributed by atoms with Gasteiger partial charge in [0.05, 0.1) is 19.6 Å². The van der Waals surface area contributed by atoms with Crippen molar-refractivity contribution in [3.8, 4) is 5.75 Å². The zero-order valence-corrected chi connectivity index (χ0v) is 17.2. The van der Waals surface area contributed by atoms with Gasteiger partial charge in [-0.15, -0.1) is 0 Å². The van der Waals surface area contributed by atoms with Crippen LogP contribution in [0.25, 0.3) is 0 Å². The third kappa shape index (κ3) is 6.69. The zero-order chi connectivity index (χ0) is 19.9. The Hall–Kier alpha value is -1.81. The summed E-state index contributed by atoms with van der Waals surface area (Å²) in [5.74, 6) is 0.771. The zero-order valence-electron chi connectivity index (χ0n) is 17.2. The van der Waals surface area contributed by atoms with Gasteiger partial charge in [0.1, 0.15) is 12.4 Å². The highest BCUT2D eigenvalue weighted by Gasteiger charge is 2.28. The summed E-state index contributed by atoms with van der Waals surface area (Å²) in [5, 5.41) is 10.0. The molecule has 150 valence electrons. The lowest BCUT2D eigenvalue weighted by Crippen LogP contribution is -2.25. The fourth-order valence-electron chi connectivity index (χ4n) is 3.83. The van der Waals surface area contributed by atoms with Gasteiger partial charge in [-0.05, 0) is 66.7 Å². The van der Waals surface area contributed by atoms with Gasteiger partial charge in [-0.2, -0.15) is 0 Å². The molecule has 4 heteroatoms. The van der Waals surface area contributed by atoms with Crippen LogP contribution in [0.2, 0.25) is 0 Å². The van der Waals surface area contributed by atoms with Crippen molar-refractivity contribution in [2.75, 3.05) is 13.7 Å². The lowest BCUT2D eigenvalue weighted by atomic mass is 9.74. The molecule has 0 saturated carbocycles. The topological polar surface area (TPSA) is 55.8 Å². The SMILES string of the molecule is CC[C@H](O)C[C@]1(C)C=C(COc2ccc(C(C)CC(=O)OC)cc2)CCC1. The lowest BCUT2D eigenvalue weighted by molar-refractivity contribution is -0.140. The molecule has 0 aliphatic heterocycles. The Morgan fingerprint density at radius 2 is 2.00 bits per heavy atom. The Bertz CT molecular complexity index is 634. The quantitative estimate of drug-likeness (QED) is 0.488. The van der Waals surface area contributed by atoms with E-state index in [1.807, 2.05) is 38.1 Å².